The number of rotatable bonds is 5. The molecule has 2 rings (SSSR count). The molecule has 92 valence electrons. The first kappa shape index (κ1) is 12.3. The number of amides is 1. The molecule has 3 nitrogen and oxygen atoms in total. The number of carbonyl (C=O) groups is 1. The van der Waals surface area contributed by atoms with E-state index in [-0.39, 0.29) is 5.91 Å². The average Bonchev–Trinajstić information content (AvgIpc) is 3.10. The highest BCUT2D eigenvalue weighted by molar-refractivity contribution is 7.99. The van der Waals surface area contributed by atoms with Crippen LogP contribution >= 0.6 is 11.8 Å². The van der Waals surface area contributed by atoms with Crippen molar-refractivity contribution in [2.45, 2.75) is 25.4 Å². The zero-order chi connectivity index (χ0) is 12.3. The third-order valence-corrected chi connectivity index (χ3v) is 3.42. The van der Waals surface area contributed by atoms with E-state index < -0.39 is 0 Å². The van der Waals surface area contributed by atoms with Crippen molar-refractivity contribution in [3.05, 3.63) is 29.8 Å². The number of hydrogen-bond acceptors (Lipinski definition) is 3. The molecule has 1 saturated carbocycles. The molecular weight excluding hydrogens is 232 g/mol. The van der Waals surface area contributed by atoms with Crippen LogP contribution in [-0.2, 0) is 11.3 Å². The van der Waals surface area contributed by atoms with Crippen molar-refractivity contribution in [3.8, 4) is 0 Å². The summed E-state index contributed by atoms with van der Waals surface area (Å²) >= 11 is 1.58. The van der Waals surface area contributed by atoms with E-state index in [1.54, 1.807) is 11.8 Å². The van der Waals surface area contributed by atoms with E-state index in [2.05, 4.69) is 0 Å². The minimum atomic E-state index is 0.238. The molecule has 0 aromatic heterocycles. The second-order valence-electron chi connectivity index (χ2n) is 4.43. The van der Waals surface area contributed by atoms with Gasteiger partial charge in [-0.05, 0) is 36.8 Å². The van der Waals surface area contributed by atoms with Gasteiger partial charge < -0.3 is 10.6 Å². The molecular formula is C13H18N2OS. The van der Waals surface area contributed by atoms with Gasteiger partial charge in [0.05, 0.1) is 5.75 Å². The second-order valence-corrected chi connectivity index (χ2v) is 5.30. The summed E-state index contributed by atoms with van der Waals surface area (Å²) in [4.78, 5) is 14.0. The summed E-state index contributed by atoms with van der Waals surface area (Å²) in [5.41, 5.74) is 7.63. The fourth-order valence-corrected chi connectivity index (χ4v) is 2.31. The zero-order valence-electron chi connectivity index (χ0n) is 10.1. The lowest BCUT2D eigenvalue weighted by Gasteiger charge is -2.22. The highest BCUT2D eigenvalue weighted by Crippen LogP contribution is 2.29. The fraction of sp³-hybridized carbons (Fsp3) is 0.462. The van der Waals surface area contributed by atoms with E-state index in [4.69, 9.17) is 5.73 Å². The van der Waals surface area contributed by atoms with Crippen molar-refractivity contribution in [2.24, 2.45) is 0 Å². The SMILES string of the molecule is CSCC(=O)N(Cc1cccc(N)c1)C1CC1. The molecule has 1 aromatic carbocycles. The van der Waals surface area contributed by atoms with Crippen LogP contribution in [0.4, 0.5) is 5.69 Å². The Hall–Kier alpha value is -1.16. The molecule has 0 unspecified atom stereocenters. The summed E-state index contributed by atoms with van der Waals surface area (Å²) in [5, 5.41) is 0. The van der Waals surface area contributed by atoms with Gasteiger partial charge in [0, 0.05) is 18.3 Å². The number of benzene rings is 1. The molecule has 1 fully saturated rings. The number of carbonyl (C=O) groups excluding carboxylic acids is 1. The van der Waals surface area contributed by atoms with E-state index in [1.807, 2.05) is 35.4 Å². The minimum absolute atomic E-state index is 0.238. The van der Waals surface area contributed by atoms with Crippen LogP contribution in [0, 0.1) is 0 Å². The molecule has 1 aliphatic carbocycles. The van der Waals surface area contributed by atoms with Gasteiger partial charge in [-0.25, -0.2) is 0 Å². The number of nitrogen functional groups attached to an aromatic ring is 1. The lowest BCUT2D eigenvalue weighted by atomic mass is 10.2. The summed E-state index contributed by atoms with van der Waals surface area (Å²) < 4.78 is 0. The van der Waals surface area contributed by atoms with Crippen LogP contribution in [0.3, 0.4) is 0 Å². The van der Waals surface area contributed by atoms with Gasteiger partial charge in [0.15, 0.2) is 0 Å². The average molecular weight is 250 g/mol. The standard InChI is InChI=1S/C13H18N2OS/c1-17-9-13(16)15(12-5-6-12)8-10-3-2-4-11(14)7-10/h2-4,7,12H,5-6,8-9,14H2,1H3. The lowest BCUT2D eigenvalue weighted by Crippen LogP contribution is -2.33. The Kier molecular flexibility index (Phi) is 3.94. The molecule has 2 N–H and O–H groups in total. The molecule has 1 aliphatic rings. The molecule has 4 heteroatoms. The smallest absolute Gasteiger partial charge is 0.233 e. The fourth-order valence-electron chi connectivity index (χ4n) is 1.90. The molecule has 0 bridgehead atoms. The molecule has 0 heterocycles. The largest absolute Gasteiger partial charge is 0.399 e. The van der Waals surface area contributed by atoms with Gasteiger partial charge in [0.1, 0.15) is 0 Å². The Labute approximate surface area is 106 Å². The van der Waals surface area contributed by atoms with Crippen molar-refractivity contribution < 1.29 is 4.79 Å². The van der Waals surface area contributed by atoms with Crippen molar-refractivity contribution in [3.63, 3.8) is 0 Å². The van der Waals surface area contributed by atoms with E-state index in [0.29, 0.717) is 18.3 Å². The van der Waals surface area contributed by atoms with E-state index in [9.17, 15) is 4.79 Å². The number of hydrogen-bond donors (Lipinski definition) is 1. The Morgan fingerprint density at radius 2 is 2.29 bits per heavy atom. The van der Waals surface area contributed by atoms with E-state index >= 15 is 0 Å². The van der Waals surface area contributed by atoms with Gasteiger partial charge in [0.2, 0.25) is 5.91 Å². The van der Waals surface area contributed by atoms with Gasteiger partial charge in [-0.15, -0.1) is 0 Å². The summed E-state index contributed by atoms with van der Waals surface area (Å²) in [6, 6.07) is 8.24. The van der Waals surface area contributed by atoms with Crippen LogP contribution in [0.5, 0.6) is 0 Å². The van der Waals surface area contributed by atoms with Gasteiger partial charge in [0.25, 0.3) is 0 Å². The number of anilines is 1. The zero-order valence-corrected chi connectivity index (χ0v) is 10.9. The number of nitrogens with zero attached hydrogens (tertiary/aromatic N) is 1. The maximum atomic E-state index is 12.0. The van der Waals surface area contributed by atoms with E-state index in [1.165, 1.54) is 0 Å². The maximum Gasteiger partial charge on any atom is 0.233 e. The van der Waals surface area contributed by atoms with Gasteiger partial charge in [-0.3, -0.25) is 4.79 Å². The number of nitrogens with two attached hydrogens (primary N) is 1. The normalized spacial score (nSPS) is 14.6. The first-order valence-corrected chi connectivity index (χ1v) is 7.23. The van der Waals surface area contributed by atoms with Crippen LogP contribution < -0.4 is 5.73 Å². The molecule has 0 radical (unpaired) electrons. The number of thioether (sulfide) groups is 1. The van der Waals surface area contributed by atoms with Crippen molar-refractivity contribution in [1.82, 2.24) is 4.90 Å². The molecule has 1 aromatic rings. The summed E-state index contributed by atoms with van der Waals surface area (Å²) in [7, 11) is 0. The Morgan fingerprint density at radius 1 is 1.53 bits per heavy atom. The quantitative estimate of drug-likeness (QED) is 0.814. The highest BCUT2D eigenvalue weighted by atomic mass is 32.2. The van der Waals surface area contributed by atoms with Gasteiger partial charge >= 0.3 is 0 Å². The van der Waals surface area contributed by atoms with Crippen LogP contribution in [0.15, 0.2) is 24.3 Å². The van der Waals surface area contributed by atoms with Gasteiger partial charge in [-0.2, -0.15) is 11.8 Å². The van der Waals surface area contributed by atoms with E-state index in [0.717, 1.165) is 24.1 Å². The monoisotopic (exact) mass is 250 g/mol. The lowest BCUT2D eigenvalue weighted by molar-refractivity contribution is -0.129. The molecule has 0 atom stereocenters. The van der Waals surface area contributed by atoms with Gasteiger partial charge in [-0.1, -0.05) is 12.1 Å². The summed E-state index contributed by atoms with van der Waals surface area (Å²) in [6.45, 7) is 0.690. The molecule has 1 amide bonds. The Bertz CT molecular complexity index is 404. The third-order valence-electron chi connectivity index (χ3n) is 2.88. The van der Waals surface area contributed by atoms with Crippen molar-refractivity contribution >= 4 is 23.4 Å². The molecule has 0 spiro atoms. The topological polar surface area (TPSA) is 46.3 Å². The minimum Gasteiger partial charge on any atom is -0.399 e. The first-order chi connectivity index (χ1) is 8.20. The highest BCUT2D eigenvalue weighted by Gasteiger charge is 2.32. The van der Waals surface area contributed by atoms with Crippen LogP contribution in [-0.4, -0.2) is 28.9 Å². The molecule has 0 saturated heterocycles. The van der Waals surface area contributed by atoms with Crippen molar-refractivity contribution in [1.29, 1.82) is 0 Å². The Morgan fingerprint density at radius 3 is 2.88 bits per heavy atom. The predicted octanol–water partition coefficient (Wildman–Crippen LogP) is 2.12. The molecule has 17 heavy (non-hydrogen) atoms. The predicted molar refractivity (Wildman–Crippen MR) is 72.8 cm³/mol. The van der Waals surface area contributed by atoms with Crippen LogP contribution in [0.1, 0.15) is 18.4 Å². The maximum absolute atomic E-state index is 12.0. The second kappa shape index (κ2) is 5.45. The summed E-state index contributed by atoms with van der Waals surface area (Å²) in [6.07, 6.45) is 4.24. The molecule has 0 aliphatic heterocycles. The van der Waals surface area contributed by atoms with Crippen LogP contribution in [0.25, 0.3) is 0 Å². The first-order valence-electron chi connectivity index (χ1n) is 5.83. The summed E-state index contributed by atoms with van der Waals surface area (Å²) in [5.74, 6) is 0.807. The van der Waals surface area contributed by atoms with Crippen molar-refractivity contribution in [2.75, 3.05) is 17.7 Å². The third kappa shape index (κ3) is 3.40. The van der Waals surface area contributed by atoms with Crippen LogP contribution in [0.2, 0.25) is 0 Å². The Balaban J connectivity index is 2.05.